The van der Waals surface area contributed by atoms with Gasteiger partial charge in [0.1, 0.15) is 0 Å². The van der Waals surface area contributed by atoms with Gasteiger partial charge in [-0.15, -0.1) is 0 Å². The van der Waals surface area contributed by atoms with Gasteiger partial charge in [0.2, 0.25) is 0 Å². The maximum absolute atomic E-state index is 11.8. The van der Waals surface area contributed by atoms with Crippen LogP contribution >= 0.6 is 11.3 Å². The molecule has 1 aromatic heterocycles. The third-order valence-electron chi connectivity index (χ3n) is 3.11. The molecule has 20 heavy (non-hydrogen) atoms. The highest BCUT2D eigenvalue weighted by Crippen LogP contribution is 2.10. The van der Waals surface area contributed by atoms with Crippen LogP contribution in [0.5, 0.6) is 0 Å². The van der Waals surface area contributed by atoms with Crippen molar-refractivity contribution in [1.29, 1.82) is 0 Å². The molecule has 1 unspecified atom stereocenters. The maximum atomic E-state index is 11.8. The Morgan fingerprint density at radius 1 is 1.45 bits per heavy atom. The van der Waals surface area contributed by atoms with Crippen molar-refractivity contribution in [2.24, 2.45) is 5.92 Å². The lowest BCUT2D eigenvalue weighted by molar-refractivity contribution is -0.137. The number of urea groups is 1. The summed E-state index contributed by atoms with van der Waals surface area (Å²) in [5.74, 6) is -0.468. The number of carbonyl (C=O) groups excluding carboxylic acids is 1. The summed E-state index contributed by atoms with van der Waals surface area (Å²) in [6.45, 7) is 3.18. The number of amides is 2. The van der Waals surface area contributed by atoms with Gasteiger partial charge in [-0.25, -0.2) is 4.79 Å². The van der Waals surface area contributed by atoms with Crippen LogP contribution in [0, 0.1) is 5.92 Å². The van der Waals surface area contributed by atoms with Crippen molar-refractivity contribution < 1.29 is 14.7 Å². The van der Waals surface area contributed by atoms with Crippen molar-refractivity contribution in [1.82, 2.24) is 10.2 Å². The number of carbonyl (C=O) groups is 2. The molecular formula is C14H22N2O3S. The van der Waals surface area contributed by atoms with Crippen molar-refractivity contribution >= 4 is 23.3 Å². The van der Waals surface area contributed by atoms with Gasteiger partial charge in [0.25, 0.3) is 0 Å². The molecule has 2 N–H and O–H groups in total. The summed E-state index contributed by atoms with van der Waals surface area (Å²) >= 11 is 1.62. The van der Waals surface area contributed by atoms with Crippen LogP contribution < -0.4 is 5.32 Å². The molecule has 0 aliphatic rings. The molecule has 1 aromatic rings. The maximum Gasteiger partial charge on any atom is 0.317 e. The van der Waals surface area contributed by atoms with E-state index in [1.165, 1.54) is 0 Å². The second kappa shape index (κ2) is 8.58. The van der Waals surface area contributed by atoms with Crippen molar-refractivity contribution in [3.8, 4) is 0 Å². The first-order chi connectivity index (χ1) is 9.49. The Bertz CT molecular complexity index is 420. The first kappa shape index (κ1) is 16.5. The largest absolute Gasteiger partial charge is 0.481 e. The zero-order valence-electron chi connectivity index (χ0n) is 12.0. The predicted molar refractivity (Wildman–Crippen MR) is 79.8 cm³/mol. The molecule has 5 nitrogen and oxygen atoms in total. The number of carboxylic acids is 1. The van der Waals surface area contributed by atoms with Crippen LogP contribution in [-0.2, 0) is 11.3 Å². The van der Waals surface area contributed by atoms with E-state index in [0.717, 1.165) is 12.0 Å². The average Bonchev–Trinajstić information content (AvgIpc) is 2.89. The topological polar surface area (TPSA) is 69.6 Å². The van der Waals surface area contributed by atoms with Crippen LogP contribution in [0.25, 0.3) is 0 Å². The Morgan fingerprint density at radius 2 is 2.20 bits per heavy atom. The molecule has 0 fully saturated rings. The Morgan fingerprint density at radius 3 is 2.80 bits per heavy atom. The Balaban J connectivity index is 2.17. The van der Waals surface area contributed by atoms with Crippen LogP contribution in [0.3, 0.4) is 0 Å². The summed E-state index contributed by atoms with van der Waals surface area (Å²) in [5, 5.41) is 15.5. The molecule has 0 bridgehead atoms. The molecule has 112 valence electrons. The Hall–Kier alpha value is -1.56. The lowest BCUT2D eigenvalue weighted by Crippen LogP contribution is -2.37. The van der Waals surface area contributed by atoms with E-state index in [4.69, 9.17) is 5.11 Å². The SMILES string of the molecule is CC(CCNC(=O)N(C)Cc1ccsc1)CCC(=O)O. The fourth-order valence-corrected chi connectivity index (χ4v) is 2.46. The van der Waals surface area contributed by atoms with Crippen LogP contribution in [-0.4, -0.2) is 35.6 Å². The van der Waals surface area contributed by atoms with Gasteiger partial charge < -0.3 is 15.3 Å². The number of thiophene rings is 1. The van der Waals surface area contributed by atoms with Crippen molar-refractivity contribution in [2.75, 3.05) is 13.6 Å². The average molecular weight is 298 g/mol. The standard InChI is InChI=1S/C14H22N2O3S/c1-11(3-4-13(17)18)5-7-15-14(19)16(2)9-12-6-8-20-10-12/h6,8,10-11H,3-5,7,9H2,1-2H3,(H,15,19)(H,17,18). The van der Waals surface area contributed by atoms with Crippen molar-refractivity contribution in [2.45, 2.75) is 32.7 Å². The minimum atomic E-state index is -0.767. The smallest absolute Gasteiger partial charge is 0.317 e. The van der Waals surface area contributed by atoms with E-state index < -0.39 is 5.97 Å². The normalized spacial score (nSPS) is 11.9. The van der Waals surface area contributed by atoms with Crippen molar-refractivity contribution in [3.05, 3.63) is 22.4 Å². The van der Waals surface area contributed by atoms with Crippen LogP contribution in [0.2, 0.25) is 0 Å². The number of aliphatic carboxylic acids is 1. The number of nitrogens with zero attached hydrogens (tertiary/aromatic N) is 1. The second-order valence-corrected chi connectivity index (χ2v) is 5.83. The predicted octanol–water partition coefficient (Wildman–Crippen LogP) is 2.78. The van der Waals surface area contributed by atoms with Gasteiger partial charge >= 0.3 is 12.0 Å². The summed E-state index contributed by atoms with van der Waals surface area (Å²) in [4.78, 5) is 23.9. The molecule has 1 atom stereocenters. The Kier molecular flexibility index (Phi) is 7.08. The summed E-state index contributed by atoms with van der Waals surface area (Å²) in [7, 11) is 1.76. The van der Waals surface area contributed by atoms with Gasteiger partial charge in [-0.05, 0) is 41.1 Å². The molecule has 0 saturated carbocycles. The van der Waals surface area contributed by atoms with Crippen molar-refractivity contribution in [3.63, 3.8) is 0 Å². The van der Waals surface area contributed by atoms with E-state index in [0.29, 0.717) is 25.4 Å². The lowest BCUT2D eigenvalue weighted by atomic mass is 10.0. The molecule has 0 spiro atoms. The molecule has 0 aliphatic heterocycles. The molecule has 0 saturated heterocycles. The Labute approximate surface area is 123 Å². The fourth-order valence-electron chi connectivity index (χ4n) is 1.80. The molecule has 6 heteroatoms. The number of carboxylic acid groups (broad SMARTS) is 1. The molecule has 1 heterocycles. The summed E-state index contributed by atoms with van der Waals surface area (Å²) in [5.41, 5.74) is 1.13. The van der Waals surface area contributed by atoms with E-state index in [1.54, 1.807) is 23.3 Å². The van der Waals surface area contributed by atoms with Crippen LogP contribution in [0.1, 0.15) is 31.7 Å². The summed E-state index contributed by atoms with van der Waals surface area (Å²) in [6.07, 6.45) is 1.63. The summed E-state index contributed by atoms with van der Waals surface area (Å²) in [6, 6.07) is 1.91. The van der Waals surface area contributed by atoms with E-state index >= 15 is 0 Å². The zero-order chi connectivity index (χ0) is 15.0. The quantitative estimate of drug-likeness (QED) is 0.775. The molecule has 0 aliphatic carbocycles. The first-order valence-electron chi connectivity index (χ1n) is 6.71. The van der Waals surface area contributed by atoms with E-state index in [9.17, 15) is 9.59 Å². The second-order valence-electron chi connectivity index (χ2n) is 5.05. The van der Waals surface area contributed by atoms with Gasteiger partial charge in [0, 0.05) is 26.6 Å². The number of rotatable bonds is 8. The van der Waals surface area contributed by atoms with Gasteiger partial charge in [-0.2, -0.15) is 11.3 Å². The first-order valence-corrected chi connectivity index (χ1v) is 7.65. The summed E-state index contributed by atoms with van der Waals surface area (Å²) < 4.78 is 0. The van der Waals surface area contributed by atoms with Crippen LogP contribution in [0.15, 0.2) is 16.8 Å². The minimum Gasteiger partial charge on any atom is -0.481 e. The third-order valence-corrected chi connectivity index (χ3v) is 3.84. The molecule has 0 radical (unpaired) electrons. The monoisotopic (exact) mass is 298 g/mol. The lowest BCUT2D eigenvalue weighted by Gasteiger charge is -2.18. The highest BCUT2D eigenvalue weighted by atomic mass is 32.1. The van der Waals surface area contributed by atoms with Gasteiger partial charge in [-0.1, -0.05) is 6.92 Å². The third kappa shape index (κ3) is 6.56. The zero-order valence-corrected chi connectivity index (χ0v) is 12.8. The van der Waals surface area contributed by atoms with E-state index in [-0.39, 0.29) is 12.5 Å². The molecule has 2 amide bonds. The molecule has 1 rings (SSSR count). The highest BCUT2D eigenvalue weighted by molar-refractivity contribution is 7.07. The van der Waals surface area contributed by atoms with E-state index in [1.807, 2.05) is 23.8 Å². The van der Waals surface area contributed by atoms with Gasteiger partial charge in [0.05, 0.1) is 0 Å². The van der Waals surface area contributed by atoms with Gasteiger partial charge in [0.15, 0.2) is 0 Å². The number of hydrogen-bond donors (Lipinski definition) is 2. The number of nitrogens with one attached hydrogen (secondary N) is 1. The minimum absolute atomic E-state index is 0.0957. The number of hydrogen-bond acceptors (Lipinski definition) is 3. The fraction of sp³-hybridized carbons (Fsp3) is 0.571. The molecule has 0 aromatic carbocycles. The molecular weight excluding hydrogens is 276 g/mol. The highest BCUT2D eigenvalue weighted by Gasteiger charge is 2.10. The van der Waals surface area contributed by atoms with Crippen LogP contribution in [0.4, 0.5) is 4.79 Å². The van der Waals surface area contributed by atoms with Gasteiger partial charge in [-0.3, -0.25) is 4.79 Å². The van der Waals surface area contributed by atoms with E-state index in [2.05, 4.69) is 5.32 Å².